The fraction of sp³-hybridized carbons (Fsp3) is 1.00. The Balaban J connectivity index is 1.71. The third-order valence-corrected chi connectivity index (χ3v) is 4.40. The molecular weight excluding hydrogens is 184 g/mol. The molecule has 2 saturated carbocycles. The molecule has 2 aliphatic carbocycles. The minimum atomic E-state index is 0.777. The SMILES string of the molecule is NCCNCC1CCC2CCCCC2C1. The fourth-order valence-electron chi connectivity index (χ4n) is 3.56. The Morgan fingerprint density at radius 3 is 2.60 bits per heavy atom. The van der Waals surface area contributed by atoms with Crippen LogP contribution in [0, 0.1) is 17.8 Å². The van der Waals surface area contributed by atoms with Gasteiger partial charge >= 0.3 is 0 Å². The van der Waals surface area contributed by atoms with Gasteiger partial charge in [-0.2, -0.15) is 0 Å². The predicted octanol–water partition coefficient (Wildman–Crippen LogP) is 2.14. The van der Waals surface area contributed by atoms with E-state index in [0.717, 1.165) is 30.8 Å². The first kappa shape index (κ1) is 11.4. The van der Waals surface area contributed by atoms with Gasteiger partial charge in [0.1, 0.15) is 0 Å². The van der Waals surface area contributed by atoms with Crippen LogP contribution < -0.4 is 11.1 Å². The minimum Gasteiger partial charge on any atom is -0.329 e. The Bertz CT molecular complexity index is 179. The monoisotopic (exact) mass is 210 g/mol. The van der Waals surface area contributed by atoms with Crippen LogP contribution in [-0.4, -0.2) is 19.6 Å². The molecule has 0 spiro atoms. The number of hydrogen-bond donors (Lipinski definition) is 2. The number of hydrogen-bond acceptors (Lipinski definition) is 2. The van der Waals surface area contributed by atoms with Crippen LogP contribution >= 0.6 is 0 Å². The van der Waals surface area contributed by atoms with Crippen molar-refractivity contribution in [3.8, 4) is 0 Å². The van der Waals surface area contributed by atoms with Crippen LogP contribution in [0.25, 0.3) is 0 Å². The maximum absolute atomic E-state index is 5.49. The third-order valence-electron chi connectivity index (χ3n) is 4.40. The zero-order valence-corrected chi connectivity index (χ0v) is 9.88. The highest BCUT2D eigenvalue weighted by Crippen LogP contribution is 2.42. The van der Waals surface area contributed by atoms with Gasteiger partial charge in [0, 0.05) is 13.1 Å². The van der Waals surface area contributed by atoms with Gasteiger partial charge in [0.2, 0.25) is 0 Å². The van der Waals surface area contributed by atoms with E-state index < -0.39 is 0 Å². The van der Waals surface area contributed by atoms with E-state index in [4.69, 9.17) is 5.73 Å². The second-order valence-electron chi connectivity index (χ2n) is 5.48. The molecule has 0 aromatic carbocycles. The zero-order valence-electron chi connectivity index (χ0n) is 9.88. The second-order valence-corrected chi connectivity index (χ2v) is 5.48. The number of fused-ring (bicyclic) bond motifs is 1. The average Bonchev–Trinajstić information content (AvgIpc) is 2.29. The van der Waals surface area contributed by atoms with Crippen LogP contribution in [0.15, 0.2) is 0 Å². The highest BCUT2D eigenvalue weighted by Gasteiger charge is 2.31. The summed E-state index contributed by atoms with van der Waals surface area (Å²) in [6, 6.07) is 0. The molecule has 2 nitrogen and oxygen atoms in total. The maximum atomic E-state index is 5.49. The summed E-state index contributed by atoms with van der Waals surface area (Å²) >= 11 is 0. The first-order valence-electron chi connectivity index (χ1n) is 6.81. The summed E-state index contributed by atoms with van der Waals surface area (Å²) in [7, 11) is 0. The van der Waals surface area contributed by atoms with Crippen LogP contribution in [-0.2, 0) is 0 Å². The lowest BCUT2D eigenvalue weighted by molar-refractivity contribution is 0.129. The van der Waals surface area contributed by atoms with Crippen LogP contribution in [0.4, 0.5) is 0 Å². The standard InChI is InChI=1S/C13H26N2/c14-7-8-15-10-11-5-6-12-3-1-2-4-13(12)9-11/h11-13,15H,1-10,14H2. The molecule has 3 unspecified atom stereocenters. The van der Waals surface area contributed by atoms with Gasteiger partial charge in [-0.3, -0.25) is 0 Å². The van der Waals surface area contributed by atoms with Crippen molar-refractivity contribution in [2.24, 2.45) is 23.5 Å². The quantitative estimate of drug-likeness (QED) is 0.698. The second kappa shape index (κ2) is 5.86. The van der Waals surface area contributed by atoms with Crippen molar-refractivity contribution >= 4 is 0 Å². The van der Waals surface area contributed by atoms with Gasteiger partial charge in [-0.1, -0.05) is 25.7 Å². The first-order valence-corrected chi connectivity index (χ1v) is 6.81. The molecule has 0 amide bonds. The number of nitrogens with one attached hydrogen (secondary N) is 1. The normalized spacial score (nSPS) is 36.2. The average molecular weight is 210 g/mol. The van der Waals surface area contributed by atoms with Crippen molar-refractivity contribution in [3.05, 3.63) is 0 Å². The molecule has 0 aromatic rings. The summed E-state index contributed by atoms with van der Waals surface area (Å²) in [6.07, 6.45) is 10.5. The minimum absolute atomic E-state index is 0.777. The van der Waals surface area contributed by atoms with Crippen molar-refractivity contribution in [1.82, 2.24) is 5.32 Å². The van der Waals surface area contributed by atoms with E-state index in [0.29, 0.717) is 0 Å². The summed E-state index contributed by atoms with van der Waals surface area (Å²) in [5.74, 6) is 3.09. The zero-order chi connectivity index (χ0) is 10.5. The van der Waals surface area contributed by atoms with E-state index in [1.807, 2.05) is 0 Å². The molecule has 0 heterocycles. The molecule has 88 valence electrons. The molecule has 15 heavy (non-hydrogen) atoms. The lowest BCUT2D eigenvalue weighted by Gasteiger charge is -2.39. The summed E-state index contributed by atoms with van der Waals surface area (Å²) < 4.78 is 0. The lowest BCUT2D eigenvalue weighted by Crippen LogP contribution is -2.34. The van der Waals surface area contributed by atoms with Crippen LogP contribution in [0.3, 0.4) is 0 Å². The predicted molar refractivity (Wildman–Crippen MR) is 64.7 cm³/mol. The van der Waals surface area contributed by atoms with Gasteiger partial charge < -0.3 is 11.1 Å². The van der Waals surface area contributed by atoms with Gasteiger partial charge in [0.05, 0.1) is 0 Å². The molecule has 0 aliphatic heterocycles. The van der Waals surface area contributed by atoms with Gasteiger partial charge in [0.25, 0.3) is 0 Å². The summed E-state index contributed by atoms with van der Waals surface area (Å²) in [5, 5.41) is 3.48. The molecule has 2 heteroatoms. The summed E-state index contributed by atoms with van der Waals surface area (Å²) in [4.78, 5) is 0. The number of rotatable bonds is 4. The smallest absolute Gasteiger partial charge is 0.00746 e. The van der Waals surface area contributed by atoms with Crippen molar-refractivity contribution in [2.45, 2.75) is 44.9 Å². The topological polar surface area (TPSA) is 38.0 Å². The van der Waals surface area contributed by atoms with Crippen LogP contribution in [0.2, 0.25) is 0 Å². The Labute approximate surface area is 94.0 Å². The van der Waals surface area contributed by atoms with Gasteiger partial charge in [-0.25, -0.2) is 0 Å². The van der Waals surface area contributed by atoms with Gasteiger partial charge in [-0.15, -0.1) is 0 Å². The first-order chi connectivity index (χ1) is 7.40. The van der Waals surface area contributed by atoms with Crippen molar-refractivity contribution in [1.29, 1.82) is 0 Å². The third kappa shape index (κ3) is 3.18. The Morgan fingerprint density at radius 2 is 1.80 bits per heavy atom. The molecule has 3 atom stereocenters. The lowest BCUT2D eigenvalue weighted by atomic mass is 9.67. The maximum Gasteiger partial charge on any atom is 0.00746 e. The van der Waals surface area contributed by atoms with Crippen LogP contribution in [0.5, 0.6) is 0 Å². The molecule has 2 aliphatic rings. The highest BCUT2D eigenvalue weighted by atomic mass is 14.9. The van der Waals surface area contributed by atoms with E-state index in [2.05, 4.69) is 5.32 Å². The van der Waals surface area contributed by atoms with Crippen LogP contribution in [0.1, 0.15) is 44.9 Å². The molecular formula is C13H26N2. The summed E-state index contributed by atoms with van der Waals surface area (Å²) in [5.41, 5.74) is 5.49. The van der Waals surface area contributed by atoms with E-state index in [1.54, 1.807) is 0 Å². The van der Waals surface area contributed by atoms with Crippen molar-refractivity contribution in [2.75, 3.05) is 19.6 Å². The van der Waals surface area contributed by atoms with E-state index in [-0.39, 0.29) is 0 Å². The molecule has 2 rings (SSSR count). The Hall–Kier alpha value is -0.0800. The fourth-order valence-corrected chi connectivity index (χ4v) is 3.56. The molecule has 0 aromatic heterocycles. The molecule has 0 radical (unpaired) electrons. The van der Waals surface area contributed by atoms with E-state index in [1.165, 1.54) is 51.5 Å². The van der Waals surface area contributed by atoms with Crippen molar-refractivity contribution in [3.63, 3.8) is 0 Å². The van der Waals surface area contributed by atoms with E-state index in [9.17, 15) is 0 Å². The molecule has 2 fully saturated rings. The molecule has 3 N–H and O–H groups in total. The van der Waals surface area contributed by atoms with E-state index >= 15 is 0 Å². The highest BCUT2D eigenvalue weighted by molar-refractivity contribution is 4.83. The molecule has 0 saturated heterocycles. The van der Waals surface area contributed by atoms with Crippen molar-refractivity contribution < 1.29 is 0 Å². The number of nitrogens with two attached hydrogens (primary N) is 1. The Morgan fingerprint density at radius 1 is 1.00 bits per heavy atom. The summed E-state index contributed by atoms with van der Waals surface area (Å²) in [6.45, 7) is 2.98. The van der Waals surface area contributed by atoms with Gasteiger partial charge in [-0.05, 0) is 43.6 Å². The Kier molecular flexibility index (Phi) is 4.45. The largest absolute Gasteiger partial charge is 0.329 e. The molecule has 0 bridgehead atoms. The van der Waals surface area contributed by atoms with Gasteiger partial charge in [0.15, 0.2) is 0 Å².